The third-order valence-corrected chi connectivity index (χ3v) is 9.23. The van der Waals surface area contributed by atoms with Crippen molar-refractivity contribution in [2.45, 2.75) is 84.2 Å². The van der Waals surface area contributed by atoms with Crippen molar-refractivity contribution in [2.24, 2.45) is 40.9 Å². The Hall–Kier alpha value is -1.20. The first-order valence-corrected chi connectivity index (χ1v) is 11.5. The number of hydrogen-bond acceptors (Lipinski definition) is 4. The second kappa shape index (κ2) is 6.16. The van der Waals surface area contributed by atoms with Gasteiger partial charge in [-0.2, -0.15) is 0 Å². The molecule has 10 unspecified atom stereocenters. The van der Waals surface area contributed by atoms with Crippen LogP contribution in [0.15, 0.2) is 11.6 Å². The minimum absolute atomic E-state index is 0.00810. The van der Waals surface area contributed by atoms with Crippen molar-refractivity contribution in [1.29, 1.82) is 0 Å². The van der Waals surface area contributed by atoms with Gasteiger partial charge in [-0.05, 0) is 44.9 Å². The summed E-state index contributed by atoms with van der Waals surface area (Å²) in [6, 6.07) is 0.0337. The van der Waals surface area contributed by atoms with E-state index >= 15 is 0 Å². The predicted molar refractivity (Wildman–Crippen MR) is 109 cm³/mol. The van der Waals surface area contributed by atoms with Gasteiger partial charge in [0.25, 0.3) is 0 Å². The summed E-state index contributed by atoms with van der Waals surface area (Å²) in [5.74, 6) is 0.618. The van der Waals surface area contributed by atoms with E-state index in [1.807, 2.05) is 0 Å². The van der Waals surface area contributed by atoms with E-state index in [2.05, 4.69) is 46.0 Å². The van der Waals surface area contributed by atoms with Crippen LogP contribution in [0.25, 0.3) is 0 Å². The van der Waals surface area contributed by atoms with E-state index in [-0.39, 0.29) is 59.0 Å². The highest BCUT2D eigenvalue weighted by Gasteiger charge is 2.74. The standard InChI is InChI=1S/C24H35NO4/c1-11(2)8-16-20-13(4)12(3)9-15-19-14(10-18(27)24(15,20)22(28)25-16)23(5)7-6-17(26)21(19)29-23/h9,11,13-17,19-21,26H,6-8,10H2,1-5H3,(H,25,28). The molecule has 2 bridgehead atoms. The number of carbonyl (C=O) groups excluding carboxylic acids is 2. The number of hydrogen-bond donors (Lipinski definition) is 2. The van der Waals surface area contributed by atoms with Crippen LogP contribution >= 0.6 is 0 Å². The largest absolute Gasteiger partial charge is 0.390 e. The summed E-state index contributed by atoms with van der Waals surface area (Å²) in [4.78, 5) is 27.5. The van der Waals surface area contributed by atoms with Crippen LogP contribution in [0.3, 0.4) is 0 Å². The molecule has 5 nitrogen and oxygen atoms in total. The number of aliphatic hydroxyl groups excluding tert-OH is 1. The highest BCUT2D eigenvalue weighted by atomic mass is 16.5. The van der Waals surface area contributed by atoms with E-state index in [0.717, 1.165) is 12.8 Å². The molecule has 1 saturated carbocycles. The van der Waals surface area contributed by atoms with Gasteiger partial charge in [0.2, 0.25) is 5.91 Å². The summed E-state index contributed by atoms with van der Waals surface area (Å²) in [7, 11) is 0. The molecule has 3 aliphatic heterocycles. The monoisotopic (exact) mass is 401 g/mol. The van der Waals surface area contributed by atoms with Gasteiger partial charge in [0, 0.05) is 36.1 Å². The Labute approximate surface area is 173 Å². The van der Waals surface area contributed by atoms with Crippen LogP contribution in [0.5, 0.6) is 0 Å². The first kappa shape index (κ1) is 19.7. The van der Waals surface area contributed by atoms with E-state index in [0.29, 0.717) is 18.8 Å². The minimum Gasteiger partial charge on any atom is -0.390 e. The second-order valence-electron chi connectivity index (χ2n) is 11.1. The van der Waals surface area contributed by atoms with Crippen LogP contribution in [0, 0.1) is 40.9 Å². The van der Waals surface area contributed by atoms with Gasteiger partial charge < -0.3 is 15.2 Å². The maximum Gasteiger partial charge on any atom is 0.234 e. The Kier molecular flexibility index (Phi) is 4.20. The van der Waals surface area contributed by atoms with Crippen molar-refractivity contribution in [1.82, 2.24) is 5.32 Å². The van der Waals surface area contributed by atoms with Crippen molar-refractivity contribution in [2.75, 3.05) is 0 Å². The second-order valence-corrected chi connectivity index (χ2v) is 11.1. The molecule has 160 valence electrons. The van der Waals surface area contributed by atoms with Gasteiger partial charge in [-0.1, -0.05) is 32.4 Å². The summed E-state index contributed by atoms with van der Waals surface area (Å²) < 4.78 is 6.41. The number of fused-ring (bicyclic) bond motifs is 6. The Bertz CT molecular complexity index is 790. The van der Waals surface area contributed by atoms with E-state index in [9.17, 15) is 14.7 Å². The van der Waals surface area contributed by atoms with E-state index in [1.165, 1.54) is 5.57 Å². The number of ketones is 1. The molecule has 5 heteroatoms. The van der Waals surface area contributed by atoms with Crippen LogP contribution < -0.4 is 5.32 Å². The molecule has 0 radical (unpaired) electrons. The van der Waals surface area contributed by atoms with Crippen molar-refractivity contribution in [3.8, 4) is 0 Å². The number of aliphatic hydroxyl groups is 1. The number of rotatable bonds is 2. The highest BCUT2D eigenvalue weighted by molar-refractivity contribution is 6.10. The summed E-state index contributed by atoms with van der Waals surface area (Å²) in [6.45, 7) is 10.8. The summed E-state index contributed by atoms with van der Waals surface area (Å²) in [6.07, 6.45) is 4.22. The number of allylic oxidation sites excluding steroid dienone is 2. The molecular formula is C24H35NO4. The third-order valence-electron chi connectivity index (χ3n) is 9.23. The molecule has 10 atom stereocenters. The number of nitrogens with one attached hydrogen (secondary N) is 1. The zero-order valence-electron chi connectivity index (χ0n) is 18.3. The van der Waals surface area contributed by atoms with Crippen LogP contribution in [-0.4, -0.2) is 40.6 Å². The molecule has 5 rings (SSSR count). The first-order valence-electron chi connectivity index (χ1n) is 11.5. The summed E-state index contributed by atoms with van der Waals surface area (Å²) in [5.41, 5.74) is -0.0785. The van der Waals surface area contributed by atoms with Gasteiger partial charge in [-0.25, -0.2) is 0 Å². The van der Waals surface area contributed by atoms with Gasteiger partial charge in [0.15, 0.2) is 0 Å². The molecule has 3 saturated heterocycles. The molecule has 2 aliphatic carbocycles. The van der Waals surface area contributed by atoms with Crippen molar-refractivity contribution < 1.29 is 19.4 Å². The van der Waals surface area contributed by atoms with Gasteiger partial charge in [0.05, 0.1) is 17.8 Å². The fourth-order valence-electron chi connectivity index (χ4n) is 7.91. The quantitative estimate of drug-likeness (QED) is 0.551. The molecule has 29 heavy (non-hydrogen) atoms. The number of carbonyl (C=O) groups is 2. The Morgan fingerprint density at radius 2 is 2.07 bits per heavy atom. The maximum atomic E-state index is 13.9. The average Bonchev–Trinajstić information content (AvgIpc) is 3.05. The molecule has 0 aromatic carbocycles. The molecule has 2 N–H and O–H groups in total. The molecule has 4 fully saturated rings. The lowest BCUT2D eigenvalue weighted by Crippen LogP contribution is -2.60. The zero-order chi connectivity index (χ0) is 20.9. The summed E-state index contributed by atoms with van der Waals surface area (Å²) in [5, 5.41) is 14.0. The molecule has 1 amide bonds. The Morgan fingerprint density at radius 3 is 2.76 bits per heavy atom. The number of ether oxygens (including phenoxy) is 1. The van der Waals surface area contributed by atoms with Gasteiger partial charge >= 0.3 is 0 Å². The molecule has 1 spiro atoms. The topological polar surface area (TPSA) is 75.6 Å². The first-order chi connectivity index (χ1) is 13.6. The average molecular weight is 402 g/mol. The van der Waals surface area contributed by atoms with E-state index < -0.39 is 11.5 Å². The lowest BCUT2D eigenvalue weighted by atomic mass is 9.46. The normalized spacial score (nSPS) is 53.3. The van der Waals surface area contributed by atoms with Crippen LogP contribution in [-0.2, 0) is 14.3 Å². The molecule has 0 aromatic heterocycles. The summed E-state index contributed by atoms with van der Waals surface area (Å²) >= 11 is 0. The molecular weight excluding hydrogens is 366 g/mol. The number of amides is 1. The van der Waals surface area contributed by atoms with E-state index in [1.54, 1.807) is 0 Å². The lowest BCUT2D eigenvalue weighted by Gasteiger charge is -2.52. The van der Waals surface area contributed by atoms with Crippen molar-refractivity contribution in [3.05, 3.63) is 11.6 Å². The third kappa shape index (κ3) is 2.35. The fraction of sp³-hybridized carbons (Fsp3) is 0.833. The molecule has 3 heterocycles. The highest BCUT2D eigenvalue weighted by Crippen LogP contribution is 2.66. The Morgan fingerprint density at radius 1 is 1.34 bits per heavy atom. The van der Waals surface area contributed by atoms with Crippen LogP contribution in [0.1, 0.15) is 60.3 Å². The van der Waals surface area contributed by atoms with Gasteiger partial charge in [0.1, 0.15) is 11.2 Å². The smallest absolute Gasteiger partial charge is 0.234 e. The van der Waals surface area contributed by atoms with Crippen LogP contribution in [0.2, 0.25) is 0 Å². The molecule has 5 aliphatic rings. The zero-order valence-corrected chi connectivity index (χ0v) is 18.3. The fourth-order valence-corrected chi connectivity index (χ4v) is 7.91. The SMILES string of the molecule is CC1=CC2C3C4OC(C)(CCC4O)C3CC(=O)C23C(=O)NC(CC(C)C)C3C1C. The van der Waals surface area contributed by atoms with Gasteiger partial charge in [-0.15, -0.1) is 0 Å². The number of Topliss-reactive ketones (excluding diaryl/α,β-unsaturated/α-hetero) is 1. The van der Waals surface area contributed by atoms with Gasteiger partial charge in [-0.3, -0.25) is 9.59 Å². The van der Waals surface area contributed by atoms with E-state index in [4.69, 9.17) is 4.74 Å². The molecule has 0 aromatic rings. The van der Waals surface area contributed by atoms with Crippen molar-refractivity contribution >= 4 is 11.7 Å². The maximum absolute atomic E-state index is 13.9. The Balaban J connectivity index is 1.66. The van der Waals surface area contributed by atoms with Crippen LogP contribution in [0.4, 0.5) is 0 Å². The van der Waals surface area contributed by atoms with Crippen molar-refractivity contribution in [3.63, 3.8) is 0 Å². The lowest BCUT2D eigenvalue weighted by molar-refractivity contribution is -0.155. The minimum atomic E-state index is -0.990. The predicted octanol–water partition coefficient (Wildman–Crippen LogP) is 2.86.